The molecule has 0 fully saturated rings. The van der Waals surface area contributed by atoms with Crippen LogP contribution in [-0.4, -0.2) is 44.1 Å². The molecule has 0 saturated carbocycles. The van der Waals surface area contributed by atoms with E-state index in [1.807, 2.05) is 11.9 Å². The van der Waals surface area contributed by atoms with Crippen molar-refractivity contribution in [3.63, 3.8) is 0 Å². The zero-order chi connectivity index (χ0) is 26.3. The predicted molar refractivity (Wildman–Crippen MR) is 136 cm³/mol. The second-order valence-electron chi connectivity index (χ2n) is 8.46. The van der Waals surface area contributed by atoms with Crippen LogP contribution in [0.1, 0.15) is 31.8 Å². The number of hydrogen-bond donors (Lipinski definition) is 1. The van der Waals surface area contributed by atoms with Gasteiger partial charge in [0.05, 0.1) is 17.3 Å². The summed E-state index contributed by atoms with van der Waals surface area (Å²) < 4.78 is 45.5. The van der Waals surface area contributed by atoms with Gasteiger partial charge in [0, 0.05) is 30.4 Å². The number of fused-ring (bicyclic) bond motifs is 2. The zero-order valence-corrected chi connectivity index (χ0v) is 21.4. The van der Waals surface area contributed by atoms with Crippen LogP contribution in [0.5, 0.6) is 17.2 Å². The number of ether oxygens (including phenoxy) is 3. The van der Waals surface area contributed by atoms with Crippen molar-refractivity contribution in [3.05, 3.63) is 86.5 Å². The monoisotopic (exact) mass is 570 g/mol. The molecule has 7 nitrogen and oxygen atoms in total. The van der Waals surface area contributed by atoms with Gasteiger partial charge in [-0.05, 0) is 70.4 Å². The van der Waals surface area contributed by atoms with Crippen molar-refractivity contribution in [3.8, 4) is 17.2 Å². The third kappa shape index (κ3) is 4.42. The molecule has 0 saturated heterocycles. The van der Waals surface area contributed by atoms with Gasteiger partial charge in [0.15, 0.2) is 11.5 Å². The number of carbonyl (C=O) groups is 2. The summed E-state index contributed by atoms with van der Waals surface area (Å²) in [7, 11) is 3.36. The van der Waals surface area contributed by atoms with E-state index in [-0.39, 0.29) is 18.3 Å². The Morgan fingerprint density at radius 2 is 1.73 bits per heavy atom. The smallest absolute Gasteiger partial charge is 0.261 e. The quantitative estimate of drug-likeness (QED) is 0.412. The Morgan fingerprint density at radius 1 is 1.05 bits per heavy atom. The van der Waals surface area contributed by atoms with E-state index in [1.165, 1.54) is 25.3 Å². The minimum atomic E-state index is -0.961. The van der Waals surface area contributed by atoms with Gasteiger partial charge in [-0.3, -0.25) is 9.59 Å². The number of carbonyl (C=O) groups excluding carboxylic acids is 2. The molecule has 2 aliphatic heterocycles. The lowest BCUT2D eigenvalue weighted by Crippen LogP contribution is -2.24. The number of anilines is 1. The Hall–Kier alpha value is -3.92. The van der Waals surface area contributed by atoms with Crippen LogP contribution in [0.4, 0.5) is 14.5 Å². The highest BCUT2D eigenvalue weighted by molar-refractivity contribution is 9.10. The summed E-state index contributed by atoms with van der Waals surface area (Å²) in [4.78, 5) is 27.8. The molecule has 2 heterocycles. The lowest BCUT2D eigenvalue weighted by atomic mass is 10.0. The molecule has 0 aliphatic carbocycles. The lowest BCUT2D eigenvalue weighted by molar-refractivity contribution is 0.0998. The number of Topliss-reactive ketones (excluding diaryl/α,β-unsaturated/α-hetero) is 1. The second-order valence-corrected chi connectivity index (χ2v) is 9.26. The second kappa shape index (κ2) is 9.85. The minimum absolute atomic E-state index is 0.0784. The molecule has 0 aromatic heterocycles. The Kier molecular flexibility index (Phi) is 6.59. The summed E-state index contributed by atoms with van der Waals surface area (Å²) in [5, 5.41) is 2.46. The van der Waals surface area contributed by atoms with Gasteiger partial charge >= 0.3 is 0 Å². The Morgan fingerprint density at radius 3 is 2.41 bits per heavy atom. The summed E-state index contributed by atoms with van der Waals surface area (Å²) in [5.74, 6) is -1.54. The maximum atomic E-state index is 13.9. The first-order valence-corrected chi connectivity index (χ1v) is 12.1. The number of benzene rings is 3. The number of halogens is 3. The van der Waals surface area contributed by atoms with Gasteiger partial charge < -0.3 is 24.4 Å². The third-order valence-corrected chi connectivity index (χ3v) is 7.11. The summed E-state index contributed by atoms with van der Waals surface area (Å²) in [6.45, 7) is 0.642. The SMILES string of the molecule is COc1c2c(c(Br)c3c1OCO3)CCN(C)C(C(=O)c1ccc(NC(=O)c3c(F)cccc3F)cc1)=C2. The highest BCUT2D eigenvalue weighted by Crippen LogP contribution is 2.51. The fourth-order valence-electron chi connectivity index (χ4n) is 4.37. The molecule has 0 radical (unpaired) electrons. The van der Waals surface area contributed by atoms with E-state index in [1.54, 1.807) is 18.2 Å². The van der Waals surface area contributed by atoms with E-state index in [0.717, 1.165) is 27.7 Å². The van der Waals surface area contributed by atoms with Gasteiger partial charge in [0.2, 0.25) is 18.3 Å². The van der Waals surface area contributed by atoms with Gasteiger partial charge in [0.1, 0.15) is 17.2 Å². The van der Waals surface area contributed by atoms with Crippen LogP contribution in [0.2, 0.25) is 0 Å². The first-order chi connectivity index (χ1) is 17.8. The molecule has 10 heteroatoms. The fourth-order valence-corrected chi connectivity index (χ4v) is 5.08. The topological polar surface area (TPSA) is 77.1 Å². The van der Waals surface area contributed by atoms with Crippen LogP contribution in [-0.2, 0) is 6.42 Å². The maximum Gasteiger partial charge on any atom is 0.261 e. The number of ketones is 1. The normalized spacial score (nSPS) is 14.0. The van der Waals surface area contributed by atoms with Gasteiger partial charge in [-0.2, -0.15) is 0 Å². The molecule has 190 valence electrons. The number of allylic oxidation sites excluding steroid dienone is 1. The fraction of sp³-hybridized carbons (Fsp3) is 0.185. The number of rotatable bonds is 5. The molecule has 5 rings (SSSR count). The van der Waals surface area contributed by atoms with Crippen LogP contribution in [0.15, 0.2) is 52.6 Å². The number of nitrogens with zero attached hydrogens (tertiary/aromatic N) is 1. The van der Waals surface area contributed by atoms with E-state index in [4.69, 9.17) is 14.2 Å². The minimum Gasteiger partial charge on any atom is -0.492 e. The predicted octanol–water partition coefficient (Wildman–Crippen LogP) is 5.43. The van der Waals surface area contributed by atoms with Crippen molar-refractivity contribution < 1.29 is 32.6 Å². The van der Waals surface area contributed by atoms with Crippen LogP contribution in [0, 0.1) is 11.6 Å². The summed E-state index contributed by atoms with van der Waals surface area (Å²) in [6, 6.07) is 9.30. The van der Waals surface area contributed by atoms with Crippen molar-refractivity contribution in [2.24, 2.45) is 0 Å². The van der Waals surface area contributed by atoms with Crippen LogP contribution < -0.4 is 19.5 Å². The molecule has 0 spiro atoms. The van der Waals surface area contributed by atoms with Crippen molar-refractivity contribution in [1.29, 1.82) is 0 Å². The molecule has 0 atom stereocenters. The molecule has 1 amide bonds. The van der Waals surface area contributed by atoms with Crippen LogP contribution in [0.3, 0.4) is 0 Å². The number of methoxy groups -OCH3 is 1. The van der Waals surface area contributed by atoms with E-state index in [0.29, 0.717) is 41.5 Å². The first kappa shape index (κ1) is 24.8. The largest absolute Gasteiger partial charge is 0.492 e. The van der Waals surface area contributed by atoms with Crippen molar-refractivity contribution in [2.75, 3.05) is 32.8 Å². The molecular weight excluding hydrogens is 550 g/mol. The highest BCUT2D eigenvalue weighted by Gasteiger charge is 2.31. The molecule has 37 heavy (non-hydrogen) atoms. The van der Waals surface area contributed by atoms with Crippen molar-refractivity contribution in [1.82, 2.24) is 4.90 Å². The Bertz CT molecular complexity index is 1440. The van der Waals surface area contributed by atoms with Gasteiger partial charge in [0.25, 0.3) is 5.91 Å². The molecule has 0 unspecified atom stereocenters. The van der Waals surface area contributed by atoms with Crippen molar-refractivity contribution in [2.45, 2.75) is 6.42 Å². The third-order valence-electron chi connectivity index (χ3n) is 6.27. The molecule has 1 N–H and O–H groups in total. The highest BCUT2D eigenvalue weighted by atomic mass is 79.9. The average Bonchev–Trinajstić information content (AvgIpc) is 3.30. The van der Waals surface area contributed by atoms with E-state index in [2.05, 4.69) is 21.2 Å². The van der Waals surface area contributed by atoms with Crippen molar-refractivity contribution >= 4 is 39.4 Å². The van der Waals surface area contributed by atoms with Gasteiger partial charge in [-0.1, -0.05) is 6.07 Å². The lowest BCUT2D eigenvalue weighted by Gasteiger charge is -2.20. The number of hydrogen-bond acceptors (Lipinski definition) is 6. The zero-order valence-electron chi connectivity index (χ0n) is 19.9. The van der Waals surface area contributed by atoms with Crippen LogP contribution >= 0.6 is 15.9 Å². The number of likely N-dealkylation sites (N-methyl/N-ethyl adjacent to an activating group) is 1. The Labute approximate surface area is 219 Å². The average molecular weight is 571 g/mol. The first-order valence-electron chi connectivity index (χ1n) is 11.3. The van der Waals surface area contributed by atoms with E-state index in [9.17, 15) is 18.4 Å². The molecule has 2 aliphatic rings. The van der Waals surface area contributed by atoms with Gasteiger partial charge in [-0.15, -0.1) is 0 Å². The molecule has 3 aromatic rings. The van der Waals surface area contributed by atoms with E-state index < -0.39 is 23.1 Å². The number of amides is 1. The summed E-state index contributed by atoms with van der Waals surface area (Å²) >= 11 is 3.62. The standard InChI is InChI=1S/C27H21BrF2N2O5/c1-32-11-10-16-17(24(35-2)26-25(22(16)28)36-13-37-26)12-20(32)23(33)14-6-8-15(9-7-14)31-27(34)21-18(29)4-3-5-19(21)30/h3-9,12H,10-11,13H2,1-2H3,(H,31,34). The van der Waals surface area contributed by atoms with Crippen LogP contribution in [0.25, 0.3) is 6.08 Å². The van der Waals surface area contributed by atoms with E-state index >= 15 is 0 Å². The summed E-state index contributed by atoms with van der Waals surface area (Å²) in [6.07, 6.45) is 2.40. The van der Waals surface area contributed by atoms with Gasteiger partial charge in [-0.25, -0.2) is 8.78 Å². The molecule has 3 aromatic carbocycles. The molecular formula is C27H21BrF2N2O5. The Balaban J connectivity index is 1.44. The number of nitrogens with one attached hydrogen (secondary N) is 1. The maximum absolute atomic E-state index is 13.9. The molecule has 0 bridgehead atoms. The summed E-state index contributed by atoms with van der Waals surface area (Å²) in [5.41, 5.74) is 2.09.